The Labute approximate surface area is 208 Å². The molecule has 3 aromatic heterocycles. The summed E-state index contributed by atoms with van der Waals surface area (Å²) in [5.74, 6) is 0. The van der Waals surface area contributed by atoms with Crippen LogP contribution in [0, 0.1) is 13.8 Å². The van der Waals surface area contributed by atoms with Gasteiger partial charge in [0.1, 0.15) is 11.0 Å². The van der Waals surface area contributed by atoms with E-state index in [0.29, 0.717) is 0 Å². The smallest absolute Gasteiger partial charge is 0.108 e. The molecule has 0 aliphatic rings. The van der Waals surface area contributed by atoms with Gasteiger partial charge in [-0.3, -0.25) is 4.98 Å². The quantitative estimate of drug-likeness (QED) is 0.280. The lowest BCUT2D eigenvalue weighted by Crippen LogP contribution is -2.00. The Morgan fingerprint density at radius 3 is 2.03 bits per heavy atom. The molecule has 0 atom stereocenters. The van der Waals surface area contributed by atoms with E-state index in [1.165, 1.54) is 61.3 Å². The van der Waals surface area contributed by atoms with Gasteiger partial charge in [-0.2, -0.15) is 18.9 Å². The molecule has 0 bridgehead atoms. The van der Waals surface area contributed by atoms with Crippen molar-refractivity contribution in [2.75, 3.05) is 0 Å². The van der Waals surface area contributed by atoms with Crippen LogP contribution in [0.25, 0.3) is 32.7 Å². The van der Waals surface area contributed by atoms with Crippen molar-refractivity contribution in [2.24, 2.45) is 0 Å². The molecule has 172 valence electrons. The summed E-state index contributed by atoms with van der Waals surface area (Å²) >= 11 is 1.29. The Morgan fingerprint density at radius 2 is 1.17 bits per heavy atom. The van der Waals surface area contributed by atoms with Crippen LogP contribution in [0.15, 0.2) is 67.1 Å². The van der Waals surface area contributed by atoms with Crippen LogP contribution in [0.4, 0.5) is 0 Å². The molecule has 0 N–H and O–H groups in total. The number of benzene rings is 3. The van der Waals surface area contributed by atoms with Crippen molar-refractivity contribution in [3.63, 3.8) is 0 Å². The number of fused-ring (bicyclic) bond motifs is 3. The summed E-state index contributed by atoms with van der Waals surface area (Å²) in [4.78, 5) is 4.80. The number of hydrogen-bond acceptors (Lipinski definition) is 6. The predicted octanol–water partition coefficient (Wildman–Crippen LogP) is 6.37. The minimum Gasteiger partial charge on any atom is -0.256 e. The Bertz CT molecular complexity index is 1690. The standard InChI is InChI=1S/C29H25N5S/c1-18-5-7-21(26-17-32-31-16-25(18)26)11-13-22-12-9-20(24-4-3-15-30-28(22)24)10-14-23-8-6-19(2)27-29(23)34-35-33-27/h3-9,12,15-17H,10-11,13-14H2,1-2H3. The predicted molar refractivity (Wildman–Crippen MR) is 143 cm³/mol. The molecule has 6 rings (SSSR count). The fraction of sp³-hybridized carbons (Fsp3) is 0.207. The van der Waals surface area contributed by atoms with E-state index < -0.39 is 0 Å². The van der Waals surface area contributed by atoms with E-state index in [-0.39, 0.29) is 0 Å². The molecular weight excluding hydrogens is 450 g/mol. The molecule has 3 aromatic carbocycles. The maximum atomic E-state index is 4.80. The van der Waals surface area contributed by atoms with Crippen LogP contribution in [0.3, 0.4) is 0 Å². The molecule has 0 spiro atoms. The van der Waals surface area contributed by atoms with Crippen molar-refractivity contribution in [1.82, 2.24) is 23.9 Å². The van der Waals surface area contributed by atoms with Crippen LogP contribution in [-0.2, 0) is 25.7 Å². The molecule has 35 heavy (non-hydrogen) atoms. The first kappa shape index (κ1) is 21.7. The van der Waals surface area contributed by atoms with Gasteiger partial charge in [0, 0.05) is 22.4 Å². The molecule has 0 aliphatic carbocycles. The summed E-state index contributed by atoms with van der Waals surface area (Å²) in [6.45, 7) is 4.22. The molecule has 6 aromatic rings. The van der Waals surface area contributed by atoms with Gasteiger partial charge in [-0.1, -0.05) is 42.5 Å². The highest BCUT2D eigenvalue weighted by Gasteiger charge is 2.12. The van der Waals surface area contributed by atoms with E-state index in [0.717, 1.165) is 42.2 Å². The van der Waals surface area contributed by atoms with Crippen LogP contribution < -0.4 is 0 Å². The summed E-state index contributed by atoms with van der Waals surface area (Å²) in [7, 11) is 0. The summed E-state index contributed by atoms with van der Waals surface area (Å²) in [5.41, 5.74) is 10.8. The van der Waals surface area contributed by atoms with Gasteiger partial charge >= 0.3 is 0 Å². The van der Waals surface area contributed by atoms with Gasteiger partial charge in [-0.15, -0.1) is 0 Å². The van der Waals surface area contributed by atoms with Crippen LogP contribution in [0.5, 0.6) is 0 Å². The Morgan fingerprint density at radius 1 is 0.571 bits per heavy atom. The van der Waals surface area contributed by atoms with Crippen LogP contribution in [-0.4, -0.2) is 23.9 Å². The molecule has 5 nitrogen and oxygen atoms in total. The van der Waals surface area contributed by atoms with E-state index in [1.807, 2.05) is 24.7 Å². The van der Waals surface area contributed by atoms with Gasteiger partial charge in [0.05, 0.1) is 29.6 Å². The number of aromatic nitrogens is 5. The zero-order valence-electron chi connectivity index (χ0n) is 19.8. The molecule has 0 saturated carbocycles. The molecule has 3 heterocycles. The van der Waals surface area contributed by atoms with E-state index >= 15 is 0 Å². The van der Waals surface area contributed by atoms with Crippen molar-refractivity contribution < 1.29 is 0 Å². The lowest BCUT2D eigenvalue weighted by molar-refractivity contribution is 0.954. The number of rotatable bonds is 6. The molecule has 6 heteroatoms. The van der Waals surface area contributed by atoms with Gasteiger partial charge in [0.15, 0.2) is 0 Å². The first-order chi connectivity index (χ1) is 17.2. The van der Waals surface area contributed by atoms with Crippen molar-refractivity contribution in [1.29, 1.82) is 0 Å². The molecule has 0 aliphatic heterocycles. The summed E-state index contributed by atoms with van der Waals surface area (Å²) < 4.78 is 9.04. The lowest BCUT2D eigenvalue weighted by atomic mass is 9.94. The average molecular weight is 476 g/mol. The third-order valence-corrected chi connectivity index (χ3v) is 7.54. The summed E-state index contributed by atoms with van der Waals surface area (Å²) in [6, 6.07) is 17.5. The third kappa shape index (κ3) is 4.04. The molecule has 0 saturated heterocycles. The summed E-state index contributed by atoms with van der Waals surface area (Å²) in [5, 5.41) is 11.8. The minimum atomic E-state index is 0.928. The van der Waals surface area contributed by atoms with Gasteiger partial charge in [-0.05, 0) is 79.0 Å². The molecule has 0 unspecified atom stereocenters. The monoisotopic (exact) mass is 475 g/mol. The van der Waals surface area contributed by atoms with Crippen LogP contribution >= 0.6 is 11.7 Å². The second-order valence-electron chi connectivity index (χ2n) is 9.14. The largest absolute Gasteiger partial charge is 0.256 e. The number of pyridine rings is 1. The number of aryl methyl sites for hydroxylation is 6. The Balaban J connectivity index is 1.28. The minimum absolute atomic E-state index is 0.928. The van der Waals surface area contributed by atoms with Crippen molar-refractivity contribution in [2.45, 2.75) is 39.5 Å². The third-order valence-electron chi connectivity index (χ3n) is 7.01. The number of hydrogen-bond donors (Lipinski definition) is 0. The molecule has 0 fully saturated rings. The normalized spacial score (nSPS) is 11.6. The maximum Gasteiger partial charge on any atom is 0.108 e. The number of nitrogens with zero attached hydrogens (tertiary/aromatic N) is 5. The first-order valence-electron chi connectivity index (χ1n) is 11.9. The highest BCUT2D eigenvalue weighted by atomic mass is 32.1. The second kappa shape index (κ2) is 9.12. The van der Waals surface area contributed by atoms with Crippen LogP contribution in [0.2, 0.25) is 0 Å². The van der Waals surface area contributed by atoms with Crippen molar-refractivity contribution in [3.05, 3.63) is 101 Å². The second-order valence-corrected chi connectivity index (χ2v) is 9.67. The zero-order valence-corrected chi connectivity index (χ0v) is 20.6. The van der Waals surface area contributed by atoms with Crippen molar-refractivity contribution in [3.8, 4) is 0 Å². The Hall–Kier alpha value is -3.77. The first-order valence-corrected chi connectivity index (χ1v) is 12.7. The fourth-order valence-corrected chi connectivity index (χ4v) is 5.64. The maximum absolute atomic E-state index is 4.80. The fourth-order valence-electron chi connectivity index (χ4n) is 5.01. The lowest BCUT2D eigenvalue weighted by Gasteiger charge is -2.12. The zero-order chi connectivity index (χ0) is 23.8. The topological polar surface area (TPSA) is 64.5 Å². The van der Waals surface area contributed by atoms with Gasteiger partial charge in [0.25, 0.3) is 0 Å². The van der Waals surface area contributed by atoms with E-state index in [9.17, 15) is 0 Å². The van der Waals surface area contributed by atoms with Crippen molar-refractivity contribution >= 4 is 44.4 Å². The molecule has 0 amide bonds. The van der Waals surface area contributed by atoms with Gasteiger partial charge in [0.2, 0.25) is 0 Å². The highest BCUT2D eigenvalue weighted by Crippen LogP contribution is 2.27. The Kier molecular flexibility index (Phi) is 5.66. The average Bonchev–Trinajstić information content (AvgIpc) is 3.40. The van der Waals surface area contributed by atoms with E-state index in [1.54, 1.807) is 0 Å². The van der Waals surface area contributed by atoms with E-state index in [4.69, 9.17) is 4.98 Å². The SMILES string of the molecule is Cc1ccc(CCc2ccc(CCc3ccc(C)c4nsnc34)c3cccnc23)c2cnncc12. The molecular formula is C29H25N5S. The van der Waals surface area contributed by atoms with E-state index in [2.05, 4.69) is 75.3 Å². The summed E-state index contributed by atoms with van der Waals surface area (Å²) in [6.07, 6.45) is 9.39. The highest BCUT2D eigenvalue weighted by molar-refractivity contribution is 7.00. The van der Waals surface area contributed by atoms with Gasteiger partial charge in [-0.25, -0.2) is 0 Å². The van der Waals surface area contributed by atoms with Crippen LogP contribution in [0.1, 0.15) is 33.4 Å². The molecule has 0 radical (unpaired) electrons. The van der Waals surface area contributed by atoms with Gasteiger partial charge < -0.3 is 0 Å².